The van der Waals surface area contributed by atoms with Gasteiger partial charge in [-0.3, -0.25) is 59.8 Å². The highest BCUT2D eigenvalue weighted by molar-refractivity contribution is 6.01. The summed E-state index contributed by atoms with van der Waals surface area (Å²) in [7, 11) is 0. The minimum Gasteiger partial charge on any atom is -0.378 e. The van der Waals surface area contributed by atoms with Crippen LogP contribution in [-0.2, 0) is 14.3 Å². The second kappa shape index (κ2) is 31.0. The first-order chi connectivity index (χ1) is 55.6. The van der Waals surface area contributed by atoms with E-state index in [9.17, 15) is 23.2 Å². The van der Waals surface area contributed by atoms with Gasteiger partial charge in [0.1, 0.15) is 34.2 Å². The lowest BCUT2D eigenvalue weighted by atomic mass is 10.1. The molecule has 0 spiro atoms. The highest BCUT2D eigenvalue weighted by atomic mass is 19.1. The lowest BCUT2D eigenvalue weighted by Gasteiger charge is -2.26. The van der Waals surface area contributed by atoms with E-state index in [1.54, 1.807) is 122 Å². The van der Waals surface area contributed by atoms with E-state index in [-0.39, 0.29) is 41.3 Å². The zero-order valence-electron chi connectivity index (χ0n) is 61.2. The molecule has 17 heterocycles. The van der Waals surface area contributed by atoms with Crippen LogP contribution in [0, 0.1) is 23.5 Å². The number of fused-ring (bicyclic) bond motifs is 6. The minimum absolute atomic E-state index is 0.0540. The molecule has 1 saturated heterocycles. The molecule has 114 heavy (non-hydrogen) atoms. The summed E-state index contributed by atoms with van der Waals surface area (Å²) in [6.45, 7) is 9.83. The number of nitrogens with one attached hydrogen (secondary N) is 9. The molecule has 1 aliphatic heterocycles. The number of morpholine rings is 1. The molecule has 18 aromatic rings. The third-order valence-electron chi connectivity index (χ3n) is 18.8. The van der Waals surface area contributed by atoms with Crippen LogP contribution >= 0.6 is 0 Å². The molecule has 1 aliphatic rings. The number of pyridine rings is 10. The molecule has 4 amide bonds. The van der Waals surface area contributed by atoms with Crippen LogP contribution in [0.15, 0.2) is 202 Å². The Kier molecular flexibility index (Phi) is 19.5. The van der Waals surface area contributed by atoms with Crippen molar-refractivity contribution in [1.82, 2.24) is 115 Å². The fourth-order valence-electron chi connectivity index (χ4n) is 13.2. The number of anilines is 3. The second-order valence-electron chi connectivity index (χ2n) is 27.6. The summed E-state index contributed by atoms with van der Waals surface area (Å²) in [5.41, 5.74) is 19.3. The third-order valence-corrected chi connectivity index (χ3v) is 18.8. The maximum atomic E-state index is 13.9. The number of imidazole rings is 3. The normalized spacial score (nSPS) is 12.2. The maximum absolute atomic E-state index is 13.9. The van der Waals surface area contributed by atoms with Gasteiger partial charge >= 0.3 is 6.03 Å². The number of amides is 4. The number of nitrogens with zero attached hydrogens (tertiary/aromatic N) is 17. The highest BCUT2D eigenvalue weighted by Gasteiger charge is 2.23. The van der Waals surface area contributed by atoms with Gasteiger partial charge in [0.15, 0.2) is 34.4 Å². The molecule has 0 unspecified atom stereocenters. The van der Waals surface area contributed by atoms with Crippen molar-refractivity contribution in [2.24, 2.45) is 11.8 Å². The van der Waals surface area contributed by atoms with Crippen molar-refractivity contribution >= 4 is 101 Å². The van der Waals surface area contributed by atoms with Crippen molar-refractivity contribution in [1.29, 1.82) is 0 Å². The van der Waals surface area contributed by atoms with Gasteiger partial charge in [0.05, 0.1) is 111 Å². The predicted octanol–water partition coefficient (Wildman–Crippen LogP) is 15.0. The summed E-state index contributed by atoms with van der Waals surface area (Å²) in [5.74, 6) is 1.09. The second-order valence-corrected chi connectivity index (χ2v) is 27.6. The molecule has 2 aromatic carbocycles. The monoisotopic (exact) mass is 1520 g/mol. The van der Waals surface area contributed by atoms with Crippen LogP contribution < -0.4 is 16.0 Å². The number of carbonyl (C=O) groups is 3. The average Bonchev–Trinajstić information content (AvgIpc) is 1.62. The molecule has 19 rings (SSSR count). The maximum Gasteiger partial charge on any atom is 0.322 e. The Hall–Kier alpha value is -15.2. The molecule has 0 radical (unpaired) electrons. The molecule has 562 valence electrons. The molecule has 1 fully saturated rings. The summed E-state index contributed by atoms with van der Waals surface area (Å²) in [6.07, 6.45) is 29.4. The first-order valence-electron chi connectivity index (χ1n) is 36.2. The summed E-state index contributed by atoms with van der Waals surface area (Å²) in [4.78, 5) is 107. The number of rotatable bonds is 15. The van der Waals surface area contributed by atoms with Crippen LogP contribution in [-0.4, -0.2) is 159 Å². The number of urea groups is 1. The summed E-state index contributed by atoms with van der Waals surface area (Å²) < 4.78 is 33.1. The van der Waals surface area contributed by atoms with Gasteiger partial charge in [-0.1, -0.05) is 58.0 Å². The fourth-order valence-corrected chi connectivity index (χ4v) is 13.2. The van der Waals surface area contributed by atoms with Gasteiger partial charge in [0.25, 0.3) is 0 Å². The zero-order valence-corrected chi connectivity index (χ0v) is 61.2. The molecule has 0 bridgehead atoms. The molecule has 0 aliphatic carbocycles. The van der Waals surface area contributed by atoms with Crippen LogP contribution in [0.5, 0.6) is 0 Å². The van der Waals surface area contributed by atoms with Gasteiger partial charge < -0.3 is 40.5 Å². The minimum atomic E-state index is -0.331. The summed E-state index contributed by atoms with van der Waals surface area (Å²) in [5, 5.41) is 33.2. The number of aromatic nitrogens is 22. The fraction of sp³-hybridized carbons (Fsp3) is 0.134. The molecule has 0 saturated carbocycles. The van der Waals surface area contributed by atoms with Crippen molar-refractivity contribution < 1.29 is 27.9 Å². The molecule has 16 aromatic heterocycles. The number of carbonyl (C=O) groups excluding carboxylic acids is 3. The Bertz CT molecular complexity index is 6660. The quantitative estimate of drug-likeness (QED) is 0.0460. The number of halogens is 2. The van der Waals surface area contributed by atoms with E-state index in [4.69, 9.17) is 19.7 Å². The van der Waals surface area contributed by atoms with E-state index in [1.807, 2.05) is 88.4 Å². The average molecular weight is 1520 g/mol. The SMILES string of the molecule is CC(C)C(=O)Nc1cncc(-c2cnc3n[nH]c(-c4nc5c(-c6cccnc6)cncc5[nH]4)c3c2)c1.CC(C)CC(=O)Nc1cncc(-c2cnc3n[nH]c(-c4nc5c(-c6cccc(F)c6)cncc5[nH]4)c3c2)c1.O=C(Nc1cncc(-c2cnc3n[nH]c(-c4nc5c(-c6cccc(F)c6)cncc5[nH]4)c3c2)c1)N1CCOCC1. The lowest BCUT2D eigenvalue weighted by Crippen LogP contribution is -2.43. The van der Waals surface area contributed by atoms with Gasteiger partial charge in [-0.15, -0.1) is 0 Å². The van der Waals surface area contributed by atoms with Crippen LogP contribution in [0.25, 0.3) is 168 Å². The number of benzene rings is 2. The Morgan fingerprint density at radius 2 is 0.825 bits per heavy atom. The van der Waals surface area contributed by atoms with Gasteiger partial charge in [-0.25, -0.2) is 43.5 Å². The Morgan fingerprint density at radius 1 is 0.430 bits per heavy atom. The Morgan fingerprint density at radius 3 is 1.24 bits per heavy atom. The van der Waals surface area contributed by atoms with E-state index in [2.05, 4.69) is 111 Å². The number of hydrogen-bond donors (Lipinski definition) is 9. The van der Waals surface area contributed by atoms with Crippen molar-refractivity contribution in [3.05, 3.63) is 214 Å². The third kappa shape index (κ3) is 15.1. The number of H-pyrrole nitrogens is 6. The van der Waals surface area contributed by atoms with Gasteiger partial charge in [-0.2, -0.15) is 15.3 Å². The Balaban J connectivity index is 0.000000124. The molecule has 32 heteroatoms. The number of ether oxygens (including phenoxy) is 1. The van der Waals surface area contributed by atoms with Crippen molar-refractivity contribution in [3.8, 4) is 101 Å². The predicted molar refractivity (Wildman–Crippen MR) is 427 cm³/mol. The lowest BCUT2D eigenvalue weighted by molar-refractivity contribution is -0.119. The smallest absolute Gasteiger partial charge is 0.322 e. The summed E-state index contributed by atoms with van der Waals surface area (Å²) >= 11 is 0. The Labute approximate surface area is 644 Å². The van der Waals surface area contributed by atoms with E-state index in [0.29, 0.717) is 140 Å². The van der Waals surface area contributed by atoms with Crippen LogP contribution in [0.3, 0.4) is 0 Å². The standard InChI is InChI=1S/C28H22FN9O2.C28H23FN8O.C26H21N9O/c29-19-3-1-2-16(8-19)22-14-31-15-23-24(22)35-27(34-23)25-21-10-18(12-32-26(21)37-36-25)17-9-20(13-30-11-17)33-28(39)38-4-6-40-7-5-38;1-15(2)6-24(38)33-20-8-17(10-30-12-20)18-9-21-26(36-37-27(21)32-11-18)28-34-23-14-31-13-22(25(23)35-28)16-4-3-5-19(29)7-16;1-14(2)26(36)31-18-6-16(9-28-11-18)17-7-19-23(34-35-24(19)30-10-17)25-32-21-13-29-12-20(22(21)33-25)15-4-3-5-27-8-15/h1-3,8-15H,4-7H2,(H,33,39)(H,34,35)(H,32,36,37);3-5,7-15H,6H2,1-2H3,(H,33,38)(H,34,35)(H,32,36,37);3-14H,1-2H3,(H,31,36)(H,32,33)(H,30,34,35). The van der Waals surface area contributed by atoms with Crippen molar-refractivity contribution in [3.63, 3.8) is 0 Å². The van der Waals surface area contributed by atoms with E-state index in [1.165, 1.54) is 24.3 Å². The largest absolute Gasteiger partial charge is 0.378 e. The number of aromatic amines is 6. The number of hydrogen-bond acceptors (Lipinski definition) is 20. The highest BCUT2D eigenvalue weighted by Crippen LogP contribution is 2.38. The van der Waals surface area contributed by atoms with E-state index in [0.717, 1.165) is 77.3 Å². The molecular formula is C82H66F2N26O4. The van der Waals surface area contributed by atoms with Crippen LogP contribution in [0.1, 0.15) is 34.1 Å². The van der Waals surface area contributed by atoms with Gasteiger partial charge in [0, 0.05) is 149 Å². The van der Waals surface area contributed by atoms with Crippen LogP contribution in [0.4, 0.5) is 30.6 Å². The topological polar surface area (TPSA) is 401 Å². The summed E-state index contributed by atoms with van der Waals surface area (Å²) in [6, 6.07) is 27.8. The van der Waals surface area contributed by atoms with Crippen molar-refractivity contribution in [2.45, 2.75) is 34.1 Å². The van der Waals surface area contributed by atoms with Gasteiger partial charge in [-0.05, 0) is 83.8 Å². The first kappa shape index (κ1) is 71.7. The van der Waals surface area contributed by atoms with Gasteiger partial charge in [0.2, 0.25) is 11.8 Å². The van der Waals surface area contributed by atoms with Crippen LogP contribution in [0.2, 0.25) is 0 Å². The van der Waals surface area contributed by atoms with E-state index >= 15 is 0 Å². The zero-order chi connectivity index (χ0) is 77.9. The van der Waals surface area contributed by atoms with E-state index < -0.39 is 0 Å². The molecule has 0 atom stereocenters. The van der Waals surface area contributed by atoms with Crippen molar-refractivity contribution in [2.75, 3.05) is 42.3 Å². The molecular weight excluding hydrogens is 1450 g/mol. The molecule has 9 N–H and O–H groups in total. The molecule has 30 nitrogen and oxygen atoms in total. The first-order valence-corrected chi connectivity index (χ1v) is 36.2.